The molecule has 4 fully saturated rings. The van der Waals surface area contributed by atoms with Crippen LogP contribution in [0.15, 0.2) is 17.1 Å². The molecule has 0 unspecified atom stereocenters. The van der Waals surface area contributed by atoms with E-state index in [4.69, 9.17) is 29.7 Å². The molecule has 59 heavy (non-hydrogen) atoms. The maximum absolute atomic E-state index is 14.1. The number of nitrogens with two attached hydrogens (primary N) is 1. The highest BCUT2D eigenvalue weighted by Gasteiger charge is 2.62. The molecule has 336 valence electrons. The summed E-state index contributed by atoms with van der Waals surface area (Å²) in [5.41, 5.74) is 8.15. The minimum absolute atomic E-state index is 0.0167. The minimum atomic E-state index is -1.83. The van der Waals surface area contributed by atoms with Crippen LogP contribution < -0.4 is 16.8 Å². The summed E-state index contributed by atoms with van der Waals surface area (Å²) in [5, 5.41) is 25.4. The Morgan fingerprint density at radius 3 is 2.39 bits per heavy atom. The van der Waals surface area contributed by atoms with Crippen LogP contribution in [0.25, 0.3) is 0 Å². The Bertz CT molecular complexity index is 1420. The largest absolute Gasteiger partial charge is 0.465 e. The van der Waals surface area contributed by atoms with Gasteiger partial charge < -0.3 is 55.7 Å². The number of quaternary nitrogens is 1. The van der Waals surface area contributed by atoms with Gasteiger partial charge in [0.25, 0.3) is 5.91 Å². The molecule has 0 saturated carbocycles. The monoisotopic (exact) mass is 832 g/mol. The lowest BCUT2D eigenvalue weighted by Crippen LogP contribution is -2.71. The molecule has 0 radical (unpaired) electrons. The summed E-state index contributed by atoms with van der Waals surface area (Å²) in [6.07, 6.45) is 25.2. The van der Waals surface area contributed by atoms with Gasteiger partial charge in [-0.15, -0.1) is 0 Å². The van der Waals surface area contributed by atoms with Crippen LogP contribution >= 0.6 is 0 Å². The van der Waals surface area contributed by atoms with Crippen molar-refractivity contribution in [1.82, 2.24) is 15.1 Å². The number of rotatable bonds is 22. The van der Waals surface area contributed by atoms with Crippen LogP contribution in [0, 0.1) is 5.92 Å². The highest BCUT2D eigenvalue weighted by molar-refractivity contribution is 5.87. The van der Waals surface area contributed by atoms with E-state index in [1.807, 2.05) is 0 Å². The van der Waals surface area contributed by atoms with Gasteiger partial charge in [-0.05, 0) is 77.7 Å². The third-order valence-corrected chi connectivity index (χ3v) is 13.9. The molecule has 2 spiro atoms. The number of aliphatic hydroxyl groups excluding tert-OH is 1. The molecular formula is C45H79N6O8+. The number of morpholine rings is 1. The predicted octanol–water partition coefficient (Wildman–Crippen LogP) is 4.76. The van der Waals surface area contributed by atoms with E-state index in [1.54, 1.807) is 0 Å². The number of aliphatic hydroxyl groups is 2. The first kappa shape index (κ1) is 46.2. The number of unbranched alkanes of at least 4 members (excludes halogenated alkanes) is 11. The van der Waals surface area contributed by atoms with Gasteiger partial charge in [-0.2, -0.15) is 0 Å². The molecule has 4 saturated heterocycles. The maximum Gasteiger partial charge on any atom is 0.316 e. The van der Waals surface area contributed by atoms with E-state index >= 15 is 0 Å². The molecule has 0 aromatic heterocycles. The van der Waals surface area contributed by atoms with Gasteiger partial charge in [-0.25, -0.2) is 4.99 Å². The molecule has 0 aromatic carbocycles. The summed E-state index contributed by atoms with van der Waals surface area (Å²) in [6.45, 7) is 5.86. The number of esters is 1. The Morgan fingerprint density at radius 1 is 1.00 bits per heavy atom. The van der Waals surface area contributed by atoms with Crippen molar-refractivity contribution < 1.29 is 44.5 Å². The molecule has 6 heterocycles. The van der Waals surface area contributed by atoms with E-state index in [0.29, 0.717) is 32.5 Å². The van der Waals surface area contributed by atoms with Crippen molar-refractivity contribution in [2.75, 3.05) is 26.2 Å². The summed E-state index contributed by atoms with van der Waals surface area (Å²) in [7, 11) is 0. The number of allylic oxidation sites excluding steroid dienone is 1. The quantitative estimate of drug-likeness (QED) is 0.0574. The highest BCUT2D eigenvalue weighted by Crippen LogP contribution is 2.50. The Labute approximate surface area is 353 Å². The van der Waals surface area contributed by atoms with Crippen LogP contribution in [-0.2, 0) is 28.5 Å². The summed E-state index contributed by atoms with van der Waals surface area (Å²) in [6, 6.07) is 0.302. The van der Waals surface area contributed by atoms with Gasteiger partial charge in [0, 0.05) is 31.8 Å². The summed E-state index contributed by atoms with van der Waals surface area (Å²) < 4.78 is 25.3. The topological polar surface area (TPSA) is 196 Å². The average molecular weight is 832 g/mol. The molecule has 14 heteroatoms. The van der Waals surface area contributed by atoms with E-state index in [-0.39, 0.29) is 49.1 Å². The molecule has 8 N–H and O–H groups in total. The van der Waals surface area contributed by atoms with Crippen LogP contribution in [0.2, 0.25) is 0 Å². The molecule has 10 atom stereocenters. The number of ether oxygens (including phenoxy) is 4. The van der Waals surface area contributed by atoms with Crippen molar-refractivity contribution in [3.63, 3.8) is 0 Å². The molecular weight excluding hydrogens is 753 g/mol. The van der Waals surface area contributed by atoms with Crippen LogP contribution in [0.5, 0.6) is 0 Å². The number of hydrogen-bond donors (Lipinski definition) is 5. The standard InChI is InChI=1S/C45H78N6O8/c1-3-35-21-15-16-25-43(58-35)32-34-23-24-36-38(44(26-18-20-33(2)57-44)49-42(48-43)51(34)36)40(53)56-31-17-13-11-9-7-5-4-6-8-10-12-14-22-37-39(52)50(30-19-28-46)41(54)45(55,59-37)27-29-47/h15,21,33-38,41,54-55H,3-14,16-20,22-32,46-47H2,1-2H3,(H,48,49)/p+1/t33-,34+,35+,36-,37-,38-,41-,43+,44-,45+/m0/s1. The lowest BCUT2D eigenvalue weighted by Gasteiger charge is -2.55. The Balaban J connectivity index is 0.855. The van der Waals surface area contributed by atoms with Gasteiger partial charge in [0.15, 0.2) is 17.9 Å². The molecule has 6 aliphatic rings. The Morgan fingerprint density at radius 2 is 1.71 bits per heavy atom. The van der Waals surface area contributed by atoms with Crippen LogP contribution in [0.3, 0.4) is 0 Å². The first-order valence-electron chi connectivity index (χ1n) is 23.8. The fourth-order valence-corrected chi connectivity index (χ4v) is 10.7. The SMILES string of the molecule is CC[C@@H]1C=CCC[C@]2(C[C@H]3CC[C@H]4[C@@H](C(=O)OCCCCCCCCCCCCCC[C@@H]5O[C@](O)(CCN)[C@H](O)N(CCC[NH3+])C5=O)[C@@]5(CCC[C@H](C)O5)N=C(N2)N34)O1. The molecule has 14 nitrogen and oxygen atoms in total. The molecule has 1 amide bonds. The lowest BCUT2D eigenvalue weighted by molar-refractivity contribution is -0.370. The van der Waals surface area contributed by atoms with E-state index in [0.717, 1.165) is 109 Å². The van der Waals surface area contributed by atoms with Crippen molar-refractivity contribution in [2.24, 2.45) is 16.6 Å². The third kappa shape index (κ3) is 11.2. The number of amides is 1. The summed E-state index contributed by atoms with van der Waals surface area (Å²) in [4.78, 5) is 36.2. The smallest absolute Gasteiger partial charge is 0.316 e. The Hall–Kier alpha value is -2.33. The predicted molar refractivity (Wildman–Crippen MR) is 225 cm³/mol. The van der Waals surface area contributed by atoms with Gasteiger partial charge in [0.05, 0.1) is 31.4 Å². The van der Waals surface area contributed by atoms with Gasteiger partial charge >= 0.3 is 5.97 Å². The molecule has 0 bridgehead atoms. The number of nitrogens with zero attached hydrogens (tertiary/aromatic N) is 3. The minimum Gasteiger partial charge on any atom is -0.465 e. The van der Waals surface area contributed by atoms with Crippen molar-refractivity contribution in [1.29, 1.82) is 0 Å². The first-order valence-corrected chi connectivity index (χ1v) is 23.8. The fraction of sp³-hybridized carbons (Fsp3) is 0.889. The third-order valence-electron chi connectivity index (χ3n) is 13.9. The van der Waals surface area contributed by atoms with E-state index in [1.165, 1.54) is 37.0 Å². The number of carbonyl (C=O) groups is 2. The first-order chi connectivity index (χ1) is 28.6. The van der Waals surface area contributed by atoms with Crippen LogP contribution in [0.4, 0.5) is 0 Å². The van der Waals surface area contributed by atoms with Crippen LogP contribution in [-0.4, -0.2) is 118 Å². The van der Waals surface area contributed by atoms with Gasteiger partial charge in [0.2, 0.25) is 5.79 Å². The number of guanidine groups is 1. The van der Waals surface area contributed by atoms with Gasteiger partial charge in [0.1, 0.15) is 17.7 Å². The Kier molecular flexibility index (Phi) is 16.9. The van der Waals surface area contributed by atoms with Crippen molar-refractivity contribution in [3.8, 4) is 0 Å². The van der Waals surface area contributed by atoms with E-state index < -0.39 is 35.5 Å². The normalized spacial score (nSPS) is 35.5. The molecule has 6 aliphatic heterocycles. The summed E-state index contributed by atoms with van der Waals surface area (Å²) in [5.74, 6) is -1.81. The zero-order valence-electron chi connectivity index (χ0n) is 36.5. The second kappa shape index (κ2) is 21.6. The lowest BCUT2D eigenvalue weighted by atomic mass is 9.80. The van der Waals surface area contributed by atoms with Crippen molar-refractivity contribution >= 4 is 17.8 Å². The second-order valence-corrected chi connectivity index (χ2v) is 18.4. The molecule has 0 aliphatic carbocycles. The van der Waals surface area contributed by atoms with Gasteiger partial charge in [-0.1, -0.05) is 89.7 Å². The van der Waals surface area contributed by atoms with Gasteiger partial charge in [-0.3, -0.25) is 9.59 Å². The number of carbonyl (C=O) groups excluding carboxylic acids is 2. The van der Waals surface area contributed by atoms with Crippen LogP contribution in [0.1, 0.15) is 168 Å². The zero-order valence-corrected chi connectivity index (χ0v) is 36.5. The van der Waals surface area contributed by atoms with Crippen molar-refractivity contribution in [3.05, 3.63) is 12.2 Å². The van der Waals surface area contributed by atoms with E-state index in [9.17, 15) is 19.8 Å². The van der Waals surface area contributed by atoms with E-state index in [2.05, 4.69) is 41.9 Å². The second-order valence-electron chi connectivity index (χ2n) is 18.4. The zero-order chi connectivity index (χ0) is 41.9. The highest BCUT2D eigenvalue weighted by atomic mass is 16.7. The maximum atomic E-state index is 14.1. The number of hydrogen-bond acceptors (Lipinski definition) is 12. The number of nitrogens with one attached hydrogen (secondary N) is 1. The molecule has 6 rings (SSSR count). The van der Waals surface area contributed by atoms with Crippen molar-refractivity contribution in [2.45, 2.75) is 222 Å². The molecule has 0 aromatic rings. The summed E-state index contributed by atoms with van der Waals surface area (Å²) >= 11 is 0. The average Bonchev–Trinajstić information content (AvgIpc) is 3.52. The fourth-order valence-electron chi connectivity index (χ4n) is 10.7. The number of aliphatic imine (C=N–C) groups is 1.